The molecule has 1 N–H and O–H groups in total. The van der Waals surface area contributed by atoms with Crippen LogP contribution in [0.15, 0.2) is 63.8 Å². The number of hydrogen-bond donors (Lipinski definition) is 1. The third-order valence-electron chi connectivity index (χ3n) is 4.64. The van der Waals surface area contributed by atoms with Gasteiger partial charge >= 0.3 is 11.6 Å². The monoisotopic (exact) mass is 421 g/mol. The number of fused-ring (bicyclic) bond motifs is 2. The predicted molar refractivity (Wildman–Crippen MR) is 117 cm³/mol. The fraction of sp³-hybridized carbons (Fsp3) is 0.174. The Labute approximate surface area is 176 Å². The van der Waals surface area contributed by atoms with Crippen LogP contribution in [0.2, 0.25) is 0 Å². The highest BCUT2D eigenvalue weighted by atomic mass is 32.1. The molecule has 0 fully saturated rings. The molecule has 0 spiro atoms. The topological polar surface area (TPSA) is 85.6 Å². The highest BCUT2D eigenvalue weighted by Crippen LogP contribution is 2.36. The minimum Gasteiger partial charge on any atom is -0.462 e. The Hall–Kier alpha value is -3.45. The summed E-state index contributed by atoms with van der Waals surface area (Å²) in [6, 6.07) is 15.8. The highest BCUT2D eigenvalue weighted by molar-refractivity contribution is 7.23. The van der Waals surface area contributed by atoms with E-state index in [4.69, 9.17) is 9.15 Å². The van der Waals surface area contributed by atoms with E-state index in [9.17, 15) is 14.4 Å². The Kier molecular flexibility index (Phi) is 5.63. The largest absolute Gasteiger partial charge is 0.462 e. The molecule has 0 bridgehead atoms. The number of carbonyl (C=O) groups is 2. The summed E-state index contributed by atoms with van der Waals surface area (Å²) in [5, 5.41) is 4.39. The summed E-state index contributed by atoms with van der Waals surface area (Å²) in [7, 11) is 0. The lowest BCUT2D eigenvalue weighted by atomic mass is 10.1. The molecule has 6 nitrogen and oxygen atoms in total. The molecular formula is C23H19NO5S. The first kappa shape index (κ1) is 19.8. The van der Waals surface area contributed by atoms with Crippen LogP contribution in [-0.4, -0.2) is 18.5 Å². The van der Waals surface area contributed by atoms with Crippen LogP contribution >= 0.6 is 11.3 Å². The van der Waals surface area contributed by atoms with Crippen LogP contribution in [0, 0.1) is 0 Å². The molecule has 2 aromatic heterocycles. The number of anilines is 1. The zero-order chi connectivity index (χ0) is 21.1. The molecule has 30 heavy (non-hydrogen) atoms. The molecule has 0 aliphatic carbocycles. The van der Waals surface area contributed by atoms with Gasteiger partial charge in [0.25, 0.3) is 5.91 Å². The van der Waals surface area contributed by atoms with Crippen molar-refractivity contribution in [3.05, 3.63) is 76.1 Å². The first-order chi connectivity index (χ1) is 14.6. The molecule has 1 amide bonds. The smallest absolute Gasteiger partial charge is 0.349 e. The number of unbranched alkanes of at least 4 members (excludes halogenated alkanes) is 1. The van der Waals surface area contributed by atoms with Crippen LogP contribution in [0.3, 0.4) is 0 Å². The van der Waals surface area contributed by atoms with Gasteiger partial charge in [-0.15, -0.1) is 11.3 Å². The Morgan fingerprint density at radius 1 is 1.10 bits per heavy atom. The molecule has 152 valence electrons. The summed E-state index contributed by atoms with van der Waals surface area (Å²) in [6.45, 7) is 2.32. The molecule has 0 saturated carbocycles. The summed E-state index contributed by atoms with van der Waals surface area (Å²) in [5.41, 5.74) is -0.165. The normalized spacial score (nSPS) is 11.0. The van der Waals surface area contributed by atoms with Gasteiger partial charge in [0.05, 0.1) is 6.61 Å². The summed E-state index contributed by atoms with van der Waals surface area (Å²) in [6.07, 6.45) is 1.66. The summed E-state index contributed by atoms with van der Waals surface area (Å²) in [5.74, 6) is -1.13. The van der Waals surface area contributed by atoms with Crippen molar-refractivity contribution in [2.45, 2.75) is 19.8 Å². The molecule has 0 aliphatic rings. The van der Waals surface area contributed by atoms with E-state index in [0.717, 1.165) is 17.5 Å². The number of amides is 1. The number of hydrogen-bond acceptors (Lipinski definition) is 6. The summed E-state index contributed by atoms with van der Waals surface area (Å²) < 4.78 is 11.5. The van der Waals surface area contributed by atoms with E-state index >= 15 is 0 Å². The molecule has 2 aromatic carbocycles. The van der Waals surface area contributed by atoms with Gasteiger partial charge in [0.2, 0.25) is 0 Å². The Morgan fingerprint density at radius 3 is 2.70 bits per heavy atom. The SMILES string of the molecule is CCCCOC(=O)c1c(NC(=O)c2cc3ccccc3oc2=O)sc2ccccc12. The lowest BCUT2D eigenvalue weighted by Crippen LogP contribution is -2.21. The second-order valence-corrected chi connectivity index (χ2v) is 7.78. The van der Waals surface area contributed by atoms with Gasteiger partial charge in [-0.1, -0.05) is 49.7 Å². The van der Waals surface area contributed by atoms with Crippen LogP contribution < -0.4 is 10.9 Å². The lowest BCUT2D eigenvalue weighted by Gasteiger charge is -2.07. The predicted octanol–water partition coefficient (Wildman–Crippen LogP) is 5.22. The van der Waals surface area contributed by atoms with E-state index in [-0.39, 0.29) is 5.56 Å². The number of rotatable bonds is 6. The summed E-state index contributed by atoms with van der Waals surface area (Å²) >= 11 is 1.26. The van der Waals surface area contributed by atoms with Crippen molar-refractivity contribution in [1.29, 1.82) is 0 Å². The maximum Gasteiger partial charge on any atom is 0.349 e. The molecule has 0 unspecified atom stereocenters. The van der Waals surface area contributed by atoms with Gasteiger partial charge in [-0.05, 0) is 24.6 Å². The average Bonchev–Trinajstić information content (AvgIpc) is 3.11. The van der Waals surface area contributed by atoms with Gasteiger partial charge in [-0.2, -0.15) is 0 Å². The number of ether oxygens (including phenoxy) is 1. The minimum atomic E-state index is -0.737. The van der Waals surface area contributed by atoms with E-state index in [0.29, 0.717) is 33.5 Å². The third kappa shape index (κ3) is 3.84. The molecule has 0 aliphatic heterocycles. The zero-order valence-corrected chi connectivity index (χ0v) is 17.1. The van der Waals surface area contributed by atoms with Crippen molar-refractivity contribution < 1.29 is 18.7 Å². The Balaban J connectivity index is 1.70. The van der Waals surface area contributed by atoms with Crippen molar-refractivity contribution in [3.8, 4) is 0 Å². The molecule has 0 radical (unpaired) electrons. The number of para-hydroxylation sites is 1. The number of thiophene rings is 1. The van der Waals surface area contributed by atoms with E-state index < -0.39 is 17.5 Å². The molecule has 4 rings (SSSR count). The maximum atomic E-state index is 12.9. The minimum absolute atomic E-state index is 0.128. The van der Waals surface area contributed by atoms with Crippen molar-refractivity contribution in [2.75, 3.05) is 11.9 Å². The summed E-state index contributed by atoms with van der Waals surface area (Å²) in [4.78, 5) is 37.9. The lowest BCUT2D eigenvalue weighted by molar-refractivity contribution is 0.0503. The van der Waals surface area contributed by atoms with Crippen LogP contribution in [0.5, 0.6) is 0 Å². The van der Waals surface area contributed by atoms with Gasteiger partial charge in [-0.3, -0.25) is 4.79 Å². The van der Waals surface area contributed by atoms with Gasteiger partial charge < -0.3 is 14.5 Å². The standard InChI is InChI=1S/C23H19NO5S/c1-2-3-12-28-23(27)19-15-9-5-7-11-18(15)30-21(19)24-20(25)16-13-14-8-4-6-10-17(14)29-22(16)26/h4-11,13H,2-3,12H2,1H3,(H,24,25). The average molecular weight is 421 g/mol. The number of carbonyl (C=O) groups excluding carboxylic acids is 2. The molecule has 7 heteroatoms. The van der Waals surface area contributed by atoms with Crippen LogP contribution in [-0.2, 0) is 4.74 Å². The van der Waals surface area contributed by atoms with Crippen LogP contribution in [0.4, 0.5) is 5.00 Å². The van der Waals surface area contributed by atoms with Gasteiger partial charge in [-0.25, -0.2) is 9.59 Å². The number of benzene rings is 2. The van der Waals surface area contributed by atoms with Crippen LogP contribution in [0.25, 0.3) is 21.1 Å². The Bertz CT molecular complexity index is 1300. The first-order valence-electron chi connectivity index (χ1n) is 9.61. The van der Waals surface area contributed by atoms with E-state index in [1.54, 1.807) is 24.3 Å². The van der Waals surface area contributed by atoms with Gasteiger partial charge in [0.15, 0.2) is 0 Å². The quantitative estimate of drug-likeness (QED) is 0.262. The van der Waals surface area contributed by atoms with E-state index in [2.05, 4.69) is 5.32 Å². The van der Waals surface area contributed by atoms with Gasteiger partial charge in [0, 0.05) is 15.5 Å². The fourth-order valence-corrected chi connectivity index (χ4v) is 4.19. The van der Waals surface area contributed by atoms with Crippen molar-refractivity contribution >= 4 is 49.3 Å². The molecule has 2 heterocycles. The second kappa shape index (κ2) is 8.51. The van der Waals surface area contributed by atoms with Gasteiger partial charge in [0.1, 0.15) is 21.7 Å². The highest BCUT2D eigenvalue weighted by Gasteiger charge is 2.23. The second-order valence-electron chi connectivity index (χ2n) is 6.73. The van der Waals surface area contributed by atoms with Crippen molar-refractivity contribution in [1.82, 2.24) is 0 Å². The molecular weight excluding hydrogens is 402 g/mol. The molecule has 4 aromatic rings. The first-order valence-corrected chi connectivity index (χ1v) is 10.4. The molecule has 0 saturated heterocycles. The van der Waals surface area contributed by atoms with Crippen molar-refractivity contribution in [2.24, 2.45) is 0 Å². The number of esters is 1. The van der Waals surface area contributed by atoms with Crippen molar-refractivity contribution in [3.63, 3.8) is 0 Å². The van der Waals surface area contributed by atoms with E-state index in [1.165, 1.54) is 17.4 Å². The third-order valence-corrected chi connectivity index (χ3v) is 5.73. The van der Waals surface area contributed by atoms with E-state index in [1.807, 2.05) is 31.2 Å². The molecule has 0 atom stereocenters. The fourth-order valence-electron chi connectivity index (χ4n) is 3.11. The number of nitrogens with one attached hydrogen (secondary N) is 1. The Morgan fingerprint density at radius 2 is 1.87 bits per heavy atom. The zero-order valence-electron chi connectivity index (χ0n) is 16.3. The maximum absolute atomic E-state index is 12.9. The van der Waals surface area contributed by atoms with Crippen LogP contribution in [0.1, 0.15) is 40.5 Å².